The second-order valence-electron chi connectivity index (χ2n) is 4.16. The maximum absolute atomic E-state index is 10.7. The van der Waals surface area contributed by atoms with E-state index in [1.54, 1.807) is 12.1 Å². The molecular weight excluding hydrogens is 190 g/mol. The standard InChI is InChI=1S/C12H15NO2/c1-8-6-10(12(14)15)4-5-11(8)13-7-9-2-3-9/h4-6,9,13H,2-3,7H2,1H3,(H,14,15). The molecule has 1 aliphatic carbocycles. The number of carboxylic acid groups (broad SMARTS) is 1. The number of carboxylic acids is 1. The largest absolute Gasteiger partial charge is 0.478 e. The van der Waals surface area contributed by atoms with Crippen LogP contribution in [-0.2, 0) is 0 Å². The predicted molar refractivity (Wildman–Crippen MR) is 59.4 cm³/mol. The third-order valence-electron chi connectivity index (χ3n) is 2.75. The molecular formula is C12H15NO2. The van der Waals surface area contributed by atoms with Crippen LogP contribution in [0.25, 0.3) is 0 Å². The van der Waals surface area contributed by atoms with E-state index in [2.05, 4.69) is 5.32 Å². The van der Waals surface area contributed by atoms with Gasteiger partial charge in [-0.2, -0.15) is 0 Å². The van der Waals surface area contributed by atoms with E-state index in [1.165, 1.54) is 12.8 Å². The van der Waals surface area contributed by atoms with Crippen molar-refractivity contribution < 1.29 is 9.90 Å². The molecule has 3 nitrogen and oxygen atoms in total. The fourth-order valence-corrected chi connectivity index (χ4v) is 1.57. The Labute approximate surface area is 89.1 Å². The number of rotatable bonds is 4. The van der Waals surface area contributed by atoms with E-state index in [0.29, 0.717) is 5.56 Å². The van der Waals surface area contributed by atoms with Gasteiger partial charge in [-0.25, -0.2) is 4.79 Å². The number of aromatic carboxylic acids is 1. The third kappa shape index (κ3) is 2.49. The van der Waals surface area contributed by atoms with Crippen LogP contribution in [0, 0.1) is 12.8 Å². The van der Waals surface area contributed by atoms with Gasteiger partial charge in [0.2, 0.25) is 0 Å². The zero-order chi connectivity index (χ0) is 10.8. The highest BCUT2D eigenvalue weighted by atomic mass is 16.4. The lowest BCUT2D eigenvalue weighted by Crippen LogP contribution is -2.05. The summed E-state index contributed by atoms with van der Waals surface area (Å²) in [6.07, 6.45) is 2.64. The van der Waals surface area contributed by atoms with E-state index in [0.717, 1.165) is 23.7 Å². The average Bonchev–Trinajstić information content (AvgIpc) is 2.99. The molecule has 1 fully saturated rings. The van der Waals surface area contributed by atoms with Gasteiger partial charge in [0.15, 0.2) is 0 Å². The van der Waals surface area contributed by atoms with Gasteiger partial charge in [-0.1, -0.05) is 0 Å². The molecule has 80 valence electrons. The molecule has 2 N–H and O–H groups in total. The summed E-state index contributed by atoms with van der Waals surface area (Å²) >= 11 is 0. The summed E-state index contributed by atoms with van der Waals surface area (Å²) in [7, 11) is 0. The number of benzene rings is 1. The molecule has 0 aliphatic heterocycles. The Kier molecular flexibility index (Phi) is 2.62. The van der Waals surface area contributed by atoms with Gasteiger partial charge in [-0.05, 0) is 49.4 Å². The van der Waals surface area contributed by atoms with Crippen LogP contribution >= 0.6 is 0 Å². The Balaban J connectivity index is 2.07. The Bertz CT molecular complexity index is 383. The lowest BCUT2D eigenvalue weighted by molar-refractivity contribution is 0.0697. The van der Waals surface area contributed by atoms with Crippen molar-refractivity contribution in [3.8, 4) is 0 Å². The lowest BCUT2D eigenvalue weighted by atomic mass is 10.1. The highest BCUT2D eigenvalue weighted by Gasteiger charge is 2.20. The number of nitrogens with one attached hydrogen (secondary N) is 1. The molecule has 0 spiro atoms. The fourth-order valence-electron chi connectivity index (χ4n) is 1.57. The number of aryl methyl sites for hydroxylation is 1. The van der Waals surface area contributed by atoms with E-state index in [9.17, 15) is 4.79 Å². The van der Waals surface area contributed by atoms with Gasteiger partial charge in [0.05, 0.1) is 5.56 Å². The predicted octanol–water partition coefficient (Wildman–Crippen LogP) is 2.52. The third-order valence-corrected chi connectivity index (χ3v) is 2.75. The fraction of sp³-hybridized carbons (Fsp3) is 0.417. The Morgan fingerprint density at radius 3 is 2.80 bits per heavy atom. The summed E-state index contributed by atoms with van der Waals surface area (Å²) in [5.41, 5.74) is 2.40. The van der Waals surface area contributed by atoms with Gasteiger partial charge in [0, 0.05) is 12.2 Å². The Morgan fingerprint density at radius 1 is 1.53 bits per heavy atom. The van der Waals surface area contributed by atoms with Crippen molar-refractivity contribution in [1.82, 2.24) is 0 Å². The molecule has 1 aromatic carbocycles. The minimum absolute atomic E-state index is 0.351. The highest BCUT2D eigenvalue weighted by Crippen LogP contribution is 2.29. The summed E-state index contributed by atoms with van der Waals surface area (Å²) in [6, 6.07) is 5.20. The molecule has 0 unspecified atom stereocenters. The maximum atomic E-state index is 10.7. The molecule has 1 aromatic rings. The van der Waals surface area contributed by atoms with Crippen LogP contribution in [0.1, 0.15) is 28.8 Å². The minimum atomic E-state index is -0.869. The van der Waals surface area contributed by atoms with Crippen molar-refractivity contribution in [2.45, 2.75) is 19.8 Å². The molecule has 0 saturated heterocycles. The van der Waals surface area contributed by atoms with Crippen molar-refractivity contribution in [3.63, 3.8) is 0 Å². The topological polar surface area (TPSA) is 49.3 Å². The summed E-state index contributed by atoms with van der Waals surface area (Å²) in [5.74, 6) is -0.0459. The molecule has 0 aromatic heterocycles. The zero-order valence-corrected chi connectivity index (χ0v) is 8.79. The van der Waals surface area contributed by atoms with E-state index < -0.39 is 5.97 Å². The van der Waals surface area contributed by atoms with Crippen LogP contribution in [0.15, 0.2) is 18.2 Å². The van der Waals surface area contributed by atoms with E-state index >= 15 is 0 Å². The second kappa shape index (κ2) is 3.93. The lowest BCUT2D eigenvalue weighted by Gasteiger charge is -2.09. The van der Waals surface area contributed by atoms with Crippen LogP contribution in [0.3, 0.4) is 0 Å². The van der Waals surface area contributed by atoms with Crippen LogP contribution in [0.2, 0.25) is 0 Å². The molecule has 3 heteroatoms. The van der Waals surface area contributed by atoms with Crippen molar-refractivity contribution in [2.24, 2.45) is 5.92 Å². The van der Waals surface area contributed by atoms with Crippen molar-refractivity contribution in [1.29, 1.82) is 0 Å². The number of anilines is 1. The second-order valence-corrected chi connectivity index (χ2v) is 4.16. The Morgan fingerprint density at radius 2 is 2.27 bits per heavy atom. The minimum Gasteiger partial charge on any atom is -0.478 e. The summed E-state index contributed by atoms with van der Waals surface area (Å²) in [4.78, 5) is 10.7. The molecule has 0 bridgehead atoms. The first-order chi connectivity index (χ1) is 7.16. The molecule has 2 rings (SSSR count). The van der Waals surface area contributed by atoms with Gasteiger partial charge < -0.3 is 10.4 Å². The SMILES string of the molecule is Cc1cc(C(=O)O)ccc1NCC1CC1. The van der Waals surface area contributed by atoms with Gasteiger partial charge in [-0.15, -0.1) is 0 Å². The molecule has 15 heavy (non-hydrogen) atoms. The smallest absolute Gasteiger partial charge is 0.335 e. The summed E-state index contributed by atoms with van der Waals surface area (Å²) in [6.45, 7) is 2.94. The van der Waals surface area contributed by atoms with E-state index in [-0.39, 0.29) is 0 Å². The number of hydrogen-bond acceptors (Lipinski definition) is 2. The molecule has 0 heterocycles. The quantitative estimate of drug-likeness (QED) is 0.794. The van der Waals surface area contributed by atoms with Crippen molar-refractivity contribution >= 4 is 11.7 Å². The van der Waals surface area contributed by atoms with Crippen LogP contribution in [0.5, 0.6) is 0 Å². The molecule has 0 radical (unpaired) electrons. The highest BCUT2D eigenvalue weighted by molar-refractivity contribution is 5.88. The van der Waals surface area contributed by atoms with Crippen LogP contribution in [-0.4, -0.2) is 17.6 Å². The van der Waals surface area contributed by atoms with Crippen molar-refractivity contribution in [2.75, 3.05) is 11.9 Å². The molecule has 0 atom stereocenters. The first-order valence-corrected chi connectivity index (χ1v) is 5.24. The monoisotopic (exact) mass is 205 g/mol. The van der Waals surface area contributed by atoms with Gasteiger partial charge in [0.1, 0.15) is 0 Å². The van der Waals surface area contributed by atoms with Crippen molar-refractivity contribution in [3.05, 3.63) is 29.3 Å². The van der Waals surface area contributed by atoms with Gasteiger partial charge in [-0.3, -0.25) is 0 Å². The van der Waals surface area contributed by atoms with Crippen LogP contribution < -0.4 is 5.32 Å². The summed E-state index contributed by atoms with van der Waals surface area (Å²) in [5, 5.41) is 12.2. The van der Waals surface area contributed by atoms with E-state index in [1.807, 2.05) is 13.0 Å². The number of carbonyl (C=O) groups is 1. The average molecular weight is 205 g/mol. The molecule has 0 amide bonds. The van der Waals surface area contributed by atoms with Gasteiger partial charge in [0.25, 0.3) is 0 Å². The molecule has 1 aliphatic rings. The first kappa shape index (κ1) is 10.0. The number of hydrogen-bond donors (Lipinski definition) is 2. The first-order valence-electron chi connectivity index (χ1n) is 5.24. The Hall–Kier alpha value is -1.51. The molecule has 1 saturated carbocycles. The van der Waals surface area contributed by atoms with E-state index in [4.69, 9.17) is 5.11 Å². The maximum Gasteiger partial charge on any atom is 0.335 e. The van der Waals surface area contributed by atoms with Crippen LogP contribution in [0.4, 0.5) is 5.69 Å². The zero-order valence-electron chi connectivity index (χ0n) is 8.79. The van der Waals surface area contributed by atoms with Gasteiger partial charge >= 0.3 is 5.97 Å². The summed E-state index contributed by atoms with van der Waals surface area (Å²) < 4.78 is 0. The normalized spacial score (nSPS) is 15.0.